The molecule has 0 rings (SSSR count). The van der Waals surface area contributed by atoms with E-state index in [-0.39, 0.29) is 0 Å². The van der Waals surface area contributed by atoms with Gasteiger partial charge in [-0.3, -0.25) is 15.1 Å². The van der Waals surface area contributed by atoms with Gasteiger partial charge in [-0.2, -0.15) is 0 Å². The van der Waals surface area contributed by atoms with Gasteiger partial charge in [-0.25, -0.2) is 0 Å². The zero-order valence-corrected chi connectivity index (χ0v) is 21.7. The number of carbonyl (C=O) groups excluding carboxylic acids is 3. The molecule has 0 fully saturated rings. The second-order valence-electron chi connectivity index (χ2n) is 6.13. The Hall–Kier alpha value is 1.10. The summed E-state index contributed by atoms with van der Waals surface area (Å²) in [4.78, 5) is 45.9. The number of aliphatic carboxylic acids is 3. The summed E-state index contributed by atoms with van der Waals surface area (Å²) < 4.78 is 23.0. The summed E-state index contributed by atoms with van der Waals surface area (Å²) in [6.07, 6.45) is -4.01. The predicted molar refractivity (Wildman–Crippen MR) is 111 cm³/mol. The molecule has 4 unspecified atom stereocenters. The molecule has 0 N–H and O–H groups in total. The Morgan fingerprint density at radius 1 is 0.862 bits per heavy atom. The SMILES string of the molecule is CC(CC(CC(CP(=O)([O-])CC(OP([PH-])[PH-])OP([PH-])[PH-])C(=O)[O-])C(=O)[O-])C(=O)[O-]. The highest BCUT2D eigenvalue weighted by Gasteiger charge is 2.26. The van der Waals surface area contributed by atoms with E-state index >= 15 is 0 Å². The van der Waals surface area contributed by atoms with E-state index in [2.05, 4.69) is 35.7 Å². The Bertz CT molecular complexity index is 606. The molecule has 0 saturated heterocycles. The maximum absolute atomic E-state index is 12.5. The van der Waals surface area contributed by atoms with Gasteiger partial charge in [0.25, 0.3) is 0 Å². The van der Waals surface area contributed by atoms with Crippen molar-refractivity contribution in [3.05, 3.63) is 0 Å². The molecule has 0 aliphatic heterocycles. The van der Waals surface area contributed by atoms with E-state index < -0.39 is 89.5 Å². The number of rotatable bonds is 15. The van der Waals surface area contributed by atoms with Crippen LogP contribution in [-0.2, 0) is 28.0 Å². The summed E-state index contributed by atoms with van der Waals surface area (Å²) in [5, 5.41) is 33.5. The molecule has 0 aromatic rings. The molecule has 17 heteroatoms. The molecular formula is C12H19O10P7-8. The van der Waals surface area contributed by atoms with Crippen molar-refractivity contribution in [2.45, 2.75) is 26.1 Å². The summed E-state index contributed by atoms with van der Waals surface area (Å²) in [5.74, 6) is -9.39. The molecule has 0 aromatic carbocycles. The molecule has 0 aromatic heterocycles. The smallest absolute Gasteiger partial charge is 0.159 e. The third-order valence-corrected chi connectivity index (χ3v) is 7.66. The van der Waals surface area contributed by atoms with Gasteiger partial charge in [0.15, 0.2) is 6.29 Å². The van der Waals surface area contributed by atoms with Crippen molar-refractivity contribution in [3.8, 4) is 0 Å². The molecule has 0 radical (unpaired) electrons. The Morgan fingerprint density at radius 3 is 1.66 bits per heavy atom. The third-order valence-electron chi connectivity index (χ3n) is 3.65. The topological polar surface area (TPSA) is 179 Å². The monoisotopic (exact) mass is 540 g/mol. The quantitative estimate of drug-likeness (QED) is 0.201. The van der Waals surface area contributed by atoms with Crippen LogP contribution in [0.2, 0.25) is 0 Å². The Labute approximate surface area is 180 Å². The van der Waals surface area contributed by atoms with E-state index in [1.165, 1.54) is 6.92 Å². The van der Waals surface area contributed by atoms with Crippen LogP contribution in [-0.4, -0.2) is 36.5 Å². The lowest BCUT2D eigenvalue weighted by molar-refractivity contribution is -0.317. The number of carboxylic acid groups (broad SMARTS) is 3. The molecule has 4 atom stereocenters. The van der Waals surface area contributed by atoms with Gasteiger partial charge in [-0.05, 0) is 30.8 Å². The van der Waals surface area contributed by atoms with Crippen LogP contribution in [0.15, 0.2) is 0 Å². The van der Waals surface area contributed by atoms with Crippen LogP contribution in [0.4, 0.5) is 0 Å². The summed E-state index contributed by atoms with van der Waals surface area (Å²) >= 11 is 0. The van der Waals surface area contributed by atoms with Gasteiger partial charge in [0.1, 0.15) is 0 Å². The molecule has 29 heavy (non-hydrogen) atoms. The van der Waals surface area contributed by atoms with Crippen LogP contribution >= 0.6 is 58.1 Å². The maximum atomic E-state index is 12.5. The highest BCUT2D eigenvalue weighted by atomic mass is 32.4. The van der Waals surface area contributed by atoms with E-state index in [0.29, 0.717) is 0 Å². The molecule has 0 spiro atoms. The lowest BCUT2D eigenvalue weighted by Gasteiger charge is -2.41. The van der Waals surface area contributed by atoms with Crippen LogP contribution in [0.5, 0.6) is 0 Å². The van der Waals surface area contributed by atoms with E-state index in [4.69, 9.17) is 9.05 Å². The number of hydrogen-bond donors (Lipinski definition) is 0. The van der Waals surface area contributed by atoms with Crippen molar-refractivity contribution in [1.82, 2.24) is 0 Å². The predicted octanol–water partition coefficient (Wildman–Crippen LogP) is -0.0925. The van der Waals surface area contributed by atoms with Crippen LogP contribution in [0, 0.1) is 17.8 Å². The van der Waals surface area contributed by atoms with Crippen molar-refractivity contribution >= 4 is 76.0 Å². The van der Waals surface area contributed by atoms with E-state index in [0.717, 1.165) is 0 Å². The highest BCUT2D eigenvalue weighted by Crippen LogP contribution is 2.60. The molecule has 170 valence electrons. The first-order chi connectivity index (χ1) is 13.1. The van der Waals surface area contributed by atoms with Crippen LogP contribution < -0.4 is 20.2 Å². The fourth-order valence-electron chi connectivity index (χ4n) is 2.36. The lowest BCUT2D eigenvalue weighted by Crippen LogP contribution is -2.42. The average Bonchev–Trinajstić information content (AvgIpc) is 2.50. The highest BCUT2D eigenvalue weighted by molar-refractivity contribution is 8.41. The van der Waals surface area contributed by atoms with Gasteiger partial charge < -0.3 is 83.9 Å². The average molecular weight is 540 g/mol. The fourth-order valence-corrected chi connectivity index (χ4v) is 6.50. The number of carboxylic acids is 3. The maximum Gasteiger partial charge on any atom is 0.159 e. The first-order valence-electron chi connectivity index (χ1n) is 7.85. The minimum atomic E-state index is -4.44. The number of hydrogen-bond acceptors (Lipinski definition) is 10. The Morgan fingerprint density at radius 2 is 1.31 bits per heavy atom. The fraction of sp³-hybridized carbons (Fsp3) is 0.750. The van der Waals surface area contributed by atoms with Crippen molar-refractivity contribution in [3.63, 3.8) is 0 Å². The zero-order chi connectivity index (χ0) is 22.9. The van der Waals surface area contributed by atoms with Crippen molar-refractivity contribution in [2.75, 3.05) is 12.3 Å². The molecular weight excluding hydrogens is 521 g/mol. The molecule has 0 heterocycles. The van der Waals surface area contributed by atoms with Gasteiger partial charge in [0.05, 0.1) is 0 Å². The number of carbonyl (C=O) groups is 3. The molecule has 10 nitrogen and oxygen atoms in total. The van der Waals surface area contributed by atoms with Crippen LogP contribution in [0.25, 0.3) is 0 Å². The summed E-state index contributed by atoms with van der Waals surface area (Å²) in [6.45, 7) is 1.19. The van der Waals surface area contributed by atoms with Gasteiger partial charge in [-0.1, -0.05) is 6.92 Å². The van der Waals surface area contributed by atoms with E-state index in [1.807, 2.05) is 0 Å². The standard InChI is InChI=1S/C12H23O10P7/c1-6(10(13)14)2-7(11(15)16)3-8(12(17)18)4-29(19,20)5-9(21-27(23)24)22-28(25)26/h6-9,23-26H,2-5H2,1H3,(H,13,14)(H,15,16)(H,17,18)(H,19,20)/q-4/p-4. The first-order valence-corrected chi connectivity index (χ1v) is 17.7. The van der Waals surface area contributed by atoms with Crippen LogP contribution in [0.3, 0.4) is 0 Å². The minimum Gasteiger partial charge on any atom is -0.799 e. The Balaban J connectivity index is 5.31. The van der Waals surface area contributed by atoms with E-state index in [1.54, 1.807) is 0 Å². The minimum absolute atomic E-state index is 0.472. The van der Waals surface area contributed by atoms with Gasteiger partial charge in [-0.15, -0.1) is 0 Å². The summed E-state index contributed by atoms with van der Waals surface area (Å²) in [5.41, 5.74) is 0. The van der Waals surface area contributed by atoms with Gasteiger partial charge >= 0.3 is 0 Å². The molecule has 0 aliphatic rings. The van der Waals surface area contributed by atoms with Crippen molar-refractivity contribution in [2.24, 2.45) is 17.8 Å². The second kappa shape index (κ2) is 14.3. The summed E-state index contributed by atoms with van der Waals surface area (Å²) in [6, 6.07) is 0. The summed E-state index contributed by atoms with van der Waals surface area (Å²) in [7, 11) is 5.26. The molecule has 0 amide bonds. The van der Waals surface area contributed by atoms with Crippen LogP contribution in [0.1, 0.15) is 19.8 Å². The second-order valence-corrected chi connectivity index (χ2v) is 17.6. The Kier molecular flexibility index (Phi) is 14.8. The van der Waals surface area contributed by atoms with Gasteiger partial charge in [0.2, 0.25) is 0 Å². The molecule has 0 bridgehead atoms. The van der Waals surface area contributed by atoms with Gasteiger partial charge in [0, 0.05) is 37.4 Å². The largest absolute Gasteiger partial charge is 0.799 e. The molecule has 0 aliphatic carbocycles. The lowest BCUT2D eigenvalue weighted by atomic mass is 9.88. The van der Waals surface area contributed by atoms with E-state index in [9.17, 15) is 39.2 Å². The molecule has 0 saturated carbocycles. The first kappa shape index (κ1) is 30.1. The third kappa shape index (κ3) is 14.0. The normalized spacial score (nSPS) is 17.1. The van der Waals surface area contributed by atoms with Crippen molar-refractivity contribution < 1.29 is 48.2 Å². The zero-order valence-electron chi connectivity index (χ0n) is 15.1. The van der Waals surface area contributed by atoms with Crippen molar-refractivity contribution in [1.29, 1.82) is 0 Å².